The molecule has 0 aromatic rings. The van der Waals surface area contributed by atoms with Crippen molar-refractivity contribution in [3.05, 3.63) is 6.92 Å². The van der Waals surface area contributed by atoms with Gasteiger partial charge in [-0.1, -0.05) is 12.2 Å². The van der Waals surface area contributed by atoms with Crippen molar-refractivity contribution in [1.29, 1.82) is 0 Å². The Hall–Kier alpha value is -0.110. The van der Waals surface area contributed by atoms with E-state index >= 15 is 0 Å². The molecule has 1 nitrogen and oxygen atoms in total. The summed E-state index contributed by atoms with van der Waals surface area (Å²) in [6.07, 6.45) is 0.725. The van der Waals surface area contributed by atoms with Crippen LogP contribution >= 0.6 is 12.2 Å². The van der Waals surface area contributed by atoms with Gasteiger partial charge >= 0.3 is 0 Å². The van der Waals surface area contributed by atoms with E-state index in [1.165, 1.54) is 0 Å². The maximum absolute atomic E-state index is 4.84. The van der Waals surface area contributed by atoms with E-state index in [0.717, 1.165) is 11.4 Å². The standard InChI is InChI=1S/C5H10NS/c1-4-5(7)6(2)3/h1,4H2,2-3H3. The molecule has 0 fully saturated rings. The monoisotopic (exact) mass is 116 g/mol. The van der Waals surface area contributed by atoms with Gasteiger partial charge in [-0.3, -0.25) is 0 Å². The van der Waals surface area contributed by atoms with Crippen LogP contribution in [0.25, 0.3) is 0 Å². The van der Waals surface area contributed by atoms with Crippen LogP contribution in [0.3, 0.4) is 0 Å². The molecule has 0 unspecified atom stereocenters. The normalized spacial score (nSPS) is 8.43. The largest absolute Gasteiger partial charge is 0.372 e. The van der Waals surface area contributed by atoms with Gasteiger partial charge in [-0.2, -0.15) is 0 Å². The number of hydrogen-bond donors (Lipinski definition) is 0. The Morgan fingerprint density at radius 3 is 2.14 bits per heavy atom. The lowest BCUT2D eigenvalue weighted by atomic mass is 10.5. The van der Waals surface area contributed by atoms with E-state index in [0.29, 0.717) is 0 Å². The van der Waals surface area contributed by atoms with Gasteiger partial charge in [-0.05, 0) is 13.3 Å². The molecule has 0 amide bonds. The molecular weight excluding hydrogens is 106 g/mol. The SMILES string of the molecule is [CH2]CC(=S)N(C)C. The molecule has 7 heavy (non-hydrogen) atoms. The maximum atomic E-state index is 4.84. The third kappa shape index (κ3) is 2.57. The first kappa shape index (κ1) is 6.89. The van der Waals surface area contributed by atoms with Gasteiger partial charge in [-0.25, -0.2) is 0 Å². The molecule has 0 N–H and O–H groups in total. The quantitative estimate of drug-likeness (QED) is 0.472. The van der Waals surface area contributed by atoms with Gasteiger partial charge in [0.15, 0.2) is 0 Å². The Morgan fingerprint density at radius 1 is 1.71 bits per heavy atom. The number of hydrogen-bond acceptors (Lipinski definition) is 1. The van der Waals surface area contributed by atoms with Crippen LogP contribution in [0.2, 0.25) is 0 Å². The zero-order valence-electron chi connectivity index (χ0n) is 4.77. The molecule has 0 aliphatic rings. The Morgan fingerprint density at radius 2 is 2.14 bits per heavy atom. The topological polar surface area (TPSA) is 3.24 Å². The summed E-state index contributed by atoms with van der Waals surface area (Å²) in [7, 11) is 3.85. The predicted molar refractivity (Wildman–Crippen MR) is 36.3 cm³/mol. The fraction of sp³-hybridized carbons (Fsp3) is 0.600. The Kier molecular flexibility index (Phi) is 2.92. The summed E-state index contributed by atoms with van der Waals surface area (Å²) in [5, 5.41) is 0. The summed E-state index contributed by atoms with van der Waals surface area (Å²) >= 11 is 4.84. The zero-order chi connectivity index (χ0) is 5.86. The van der Waals surface area contributed by atoms with Crippen LogP contribution < -0.4 is 0 Å². The van der Waals surface area contributed by atoms with Gasteiger partial charge < -0.3 is 4.90 Å². The molecule has 0 spiro atoms. The second kappa shape index (κ2) is 2.97. The van der Waals surface area contributed by atoms with Gasteiger partial charge in [0.25, 0.3) is 0 Å². The second-order valence-corrected chi connectivity index (χ2v) is 2.01. The van der Waals surface area contributed by atoms with Crippen molar-refractivity contribution in [2.24, 2.45) is 0 Å². The molecule has 41 valence electrons. The van der Waals surface area contributed by atoms with Crippen molar-refractivity contribution in [3.63, 3.8) is 0 Å². The number of rotatable bonds is 1. The van der Waals surface area contributed by atoms with Crippen molar-refractivity contribution < 1.29 is 0 Å². The molecule has 0 aromatic heterocycles. The van der Waals surface area contributed by atoms with Gasteiger partial charge in [0.1, 0.15) is 0 Å². The molecule has 1 radical (unpaired) electrons. The van der Waals surface area contributed by atoms with Gasteiger partial charge in [0.2, 0.25) is 0 Å². The molecule has 0 bridgehead atoms. The smallest absolute Gasteiger partial charge is 0.0774 e. The Labute approximate surface area is 50.3 Å². The predicted octanol–water partition coefficient (Wildman–Crippen LogP) is 1.10. The van der Waals surface area contributed by atoms with Crippen LogP contribution in [0.4, 0.5) is 0 Å². The van der Waals surface area contributed by atoms with Gasteiger partial charge in [0.05, 0.1) is 4.99 Å². The van der Waals surface area contributed by atoms with E-state index in [1.54, 1.807) is 0 Å². The minimum Gasteiger partial charge on any atom is -0.372 e. The highest BCUT2D eigenvalue weighted by atomic mass is 32.1. The Balaban J connectivity index is 3.35. The summed E-state index contributed by atoms with van der Waals surface area (Å²) in [5.74, 6) is 0. The molecule has 0 saturated carbocycles. The summed E-state index contributed by atoms with van der Waals surface area (Å²) in [6.45, 7) is 3.62. The zero-order valence-corrected chi connectivity index (χ0v) is 5.59. The lowest BCUT2D eigenvalue weighted by Crippen LogP contribution is -2.17. The second-order valence-electron chi connectivity index (χ2n) is 1.54. The van der Waals surface area contributed by atoms with Crippen LogP contribution in [-0.2, 0) is 0 Å². The number of thiocarbonyl (C=S) groups is 1. The van der Waals surface area contributed by atoms with E-state index in [1.807, 2.05) is 19.0 Å². The van der Waals surface area contributed by atoms with Crippen molar-refractivity contribution in [2.45, 2.75) is 6.42 Å². The van der Waals surface area contributed by atoms with E-state index in [4.69, 9.17) is 12.2 Å². The van der Waals surface area contributed by atoms with E-state index in [2.05, 4.69) is 6.92 Å². The molecule has 0 aliphatic heterocycles. The van der Waals surface area contributed by atoms with Crippen LogP contribution in [0.5, 0.6) is 0 Å². The highest BCUT2D eigenvalue weighted by Crippen LogP contribution is 1.85. The highest BCUT2D eigenvalue weighted by molar-refractivity contribution is 7.80. The minimum absolute atomic E-state index is 0.725. The molecule has 0 atom stereocenters. The summed E-state index contributed by atoms with van der Waals surface area (Å²) < 4.78 is 0. The third-order valence-electron chi connectivity index (χ3n) is 0.713. The van der Waals surface area contributed by atoms with E-state index in [-0.39, 0.29) is 0 Å². The lowest BCUT2D eigenvalue weighted by Gasteiger charge is -2.09. The first-order valence-corrected chi connectivity index (χ1v) is 2.58. The molecule has 2 heteroatoms. The van der Waals surface area contributed by atoms with Gasteiger partial charge in [-0.15, -0.1) is 0 Å². The molecule has 0 aromatic carbocycles. The number of nitrogens with zero attached hydrogens (tertiary/aromatic N) is 1. The van der Waals surface area contributed by atoms with E-state index < -0.39 is 0 Å². The molecule has 0 aliphatic carbocycles. The summed E-state index contributed by atoms with van der Waals surface area (Å²) in [4.78, 5) is 2.79. The van der Waals surface area contributed by atoms with Crippen molar-refractivity contribution in [2.75, 3.05) is 14.1 Å². The van der Waals surface area contributed by atoms with Crippen LogP contribution in [0.1, 0.15) is 6.42 Å². The fourth-order valence-electron chi connectivity index (χ4n) is 0.224. The lowest BCUT2D eigenvalue weighted by molar-refractivity contribution is 0.625. The third-order valence-corrected chi connectivity index (χ3v) is 1.28. The summed E-state index contributed by atoms with van der Waals surface area (Å²) in [5.41, 5.74) is 0. The van der Waals surface area contributed by atoms with E-state index in [9.17, 15) is 0 Å². The van der Waals surface area contributed by atoms with Crippen LogP contribution in [0, 0.1) is 6.92 Å². The van der Waals surface area contributed by atoms with Gasteiger partial charge in [0, 0.05) is 14.1 Å². The molecular formula is C5H10NS. The Bertz CT molecular complexity index is 68.5. The minimum atomic E-state index is 0.725. The fourth-order valence-corrected chi connectivity index (χ4v) is 0.224. The average Bonchev–Trinajstić information content (AvgIpc) is 1.65. The van der Waals surface area contributed by atoms with Crippen molar-refractivity contribution >= 4 is 17.2 Å². The highest BCUT2D eigenvalue weighted by Gasteiger charge is 1.89. The molecule has 0 saturated heterocycles. The summed E-state index contributed by atoms with van der Waals surface area (Å²) in [6, 6.07) is 0. The van der Waals surface area contributed by atoms with Crippen molar-refractivity contribution in [1.82, 2.24) is 4.90 Å². The van der Waals surface area contributed by atoms with Crippen molar-refractivity contribution in [3.8, 4) is 0 Å². The first-order valence-electron chi connectivity index (χ1n) is 2.18. The van der Waals surface area contributed by atoms with Crippen LogP contribution in [-0.4, -0.2) is 24.0 Å². The molecule has 0 heterocycles. The average molecular weight is 116 g/mol. The maximum Gasteiger partial charge on any atom is 0.0774 e. The van der Waals surface area contributed by atoms with Crippen LogP contribution in [0.15, 0.2) is 0 Å². The first-order chi connectivity index (χ1) is 3.18. The molecule has 0 rings (SSSR count).